The molecule has 0 aliphatic heterocycles. The highest BCUT2D eigenvalue weighted by atomic mass is 32.2. The van der Waals surface area contributed by atoms with Crippen molar-refractivity contribution in [1.29, 1.82) is 0 Å². The van der Waals surface area contributed by atoms with Gasteiger partial charge >= 0.3 is 5.97 Å². The second-order valence-electron chi connectivity index (χ2n) is 8.40. The van der Waals surface area contributed by atoms with Crippen LogP contribution in [0.3, 0.4) is 0 Å². The Bertz CT molecular complexity index is 1370. The highest BCUT2D eigenvalue weighted by molar-refractivity contribution is 7.86. The lowest BCUT2D eigenvalue weighted by atomic mass is 10.1. The lowest BCUT2D eigenvalue weighted by molar-refractivity contribution is -0.143. The summed E-state index contributed by atoms with van der Waals surface area (Å²) >= 11 is 0. The van der Waals surface area contributed by atoms with E-state index in [2.05, 4.69) is 31.1 Å². The van der Waals surface area contributed by atoms with Crippen LogP contribution < -0.4 is 16.1 Å². The van der Waals surface area contributed by atoms with Crippen molar-refractivity contribution in [2.24, 2.45) is 5.10 Å². The number of hydrazone groups is 1. The predicted molar refractivity (Wildman–Crippen MR) is 153 cm³/mol. The van der Waals surface area contributed by atoms with Crippen molar-refractivity contribution in [2.75, 3.05) is 26.2 Å². The smallest absolute Gasteiger partial charge is 0.328 e. The predicted octanol–water partition coefficient (Wildman–Crippen LogP) is 2.01. The molecule has 3 aromatic rings. The van der Waals surface area contributed by atoms with Gasteiger partial charge in [0.1, 0.15) is 16.8 Å². The lowest BCUT2D eigenvalue weighted by Gasteiger charge is -2.16. The van der Waals surface area contributed by atoms with E-state index < -0.39 is 28.0 Å². The van der Waals surface area contributed by atoms with Crippen molar-refractivity contribution < 1.29 is 32.4 Å². The van der Waals surface area contributed by atoms with Crippen LogP contribution in [-0.4, -0.2) is 72.9 Å². The quantitative estimate of drug-likeness (QED) is 0.0610. The van der Waals surface area contributed by atoms with E-state index in [9.17, 15) is 22.6 Å². The van der Waals surface area contributed by atoms with Crippen molar-refractivity contribution in [3.05, 3.63) is 83.8 Å². The molecule has 3 rings (SSSR count). The molecule has 0 aliphatic carbocycles. The monoisotopic (exact) mass is 586 g/mol. The third kappa shape index (κ3) is 11.4. The fourth-order valence-electron chi connectivity index (χ4n) is 3.55. The summed E-state index contributed by atoms with van der Waals surface area (Å²) in [6, 6.07) is 11.9. The molecule has 0 bridgehead atoms. The zero-order chi connectivity index (χ0) is 30.1. The van der Waals surface area contributed by atoms with Gasteiger partial charge in [0.05, 0.1) is 18.9 Å². The first-order valence-electron chi connectivity index (χ1n) is 12.5. The van der Waals surface area contributed by atoms with Gasteiger partial charge in [-0.3, -0.25) is 19.8 Å². The van der Waals surface area contributed by atoms with Gasteiger partial charge in [0.25, 0.3) is 16.0 Å². The van der Waals surface area contributed by atoms with Gasteiger partial charge in [-0.1, -0.05) is 24.3 Å². The zero-order valence-electron chi connectivity index (χ0n) is 22.7. The van der Waals surface area contributed by atoms with Crippen molar-refractivity contribution in [1.82, 2.24) is 20.6 Å². The number of aliphatic hydroxyl groups is 1. The molecule has 1 atom stereocenters. The standard InChI is InChI=1S/C26H30N6O6S.CH4O/c1-38-26(34)22(9-4-5-13-27-15-19-7-6-14-28-16-19)31-25(33)21-11-12-24(29-17-21)32-30-18-20-8-2-3-10-23(20)39(35,36)37;1-2/h2-3,6-8,10-12,14,16-18,22,27H,4-5,9,13,15H2,1H3,(H,29,32)(H,31,33)(H,35,36,37);2H,1H3/b30-18+;. The van der Waals surface area contributed by atoms with E-state index in [1.54, 1.807) is 18.5 Å². The first-order valence-corrected chi connectivity index (χ1v) is 14.0. The average molecular weight is 587 g/mol. The molecule has 0 spiro atoms. The zero-order valence-corrected chi connectivity index (χ0v) is 23.5. The summed E-state index contributed by atoms with van der Waals surface area (Å²) in [6.45, 7) is 1.45. The number of esters is 1. The minimum Gasteiger partial charge on any atom is -0.467 e. The maximum absolute atomic E-state index is 12.7. The number of benzene rings is 1. The Hall–Kier alpha value is -4.24. The Morgan fingerprint density at radius 2 is 1.85 bits per heavy atom. The summed E-state index contributed by atoms with van der Waals surface area (Å²) in [5, 5.41) is 16.9. The molecule has 41 heavy (non-hydrogen) atoms. The van der Waals surface area contributed by atoms with E-state index in [1.165, 1.54) is 49.9 Å². The minimum atomic E-state index is -4.40. The van der Waals surface area contributed by atoms with Gasteiger partial charge in [0, 0.05) is 37.8 Å². The largest absolute Gasteiger partial charge is 0.467 e. The second kappa shape index (κ2) is 17.5. The van der Waals surface area contributed by atoms with Gasteiger partial charge in [-0.15, -0.1) is 0 Å². The van der Waals surface area contributed by atoms with Crippen LogP contribution >= 0.6 is 0 Å². The molecule has 5 N–H and O–H groups in total. The SMILES string of the molecule is CO.COC(=O)C(CCCCNCc1cccnc1)NC(=O)c1ccc(N/N=C/c2ccccc2S(=O)(=O)O)nc1. The van der Waals surface area contributed by atoms with Crippen LogP contribution in [0.2, 0.25) is 0 Å². The number of rotatable bonds is 14. The van der Waals surface area contributed by atoms with E-state index in [0.717, 1.165) is 25.6 Å². The van der Waals surface area contributed by atoms with Gasteiger partial charge in [0.15, 0.2) is 0 Å². The number of aliphatic hydroxyl groups excluding tert-OH is 1. The van der Waals surface area contributed by atoms with Crippen LogP contribution in [0.5, 0.6) is 0 Å². The van der Waals surface area contributed by atoms with E-state index in [4.69, 9.17) is 9.84 Å². The first-order chi connectivity index (χ1) is 19.8. The van der Waals surface area contributed by atoms with E-state index in [1.807, 2.05) is 12.1 Å². The maximum Gasteiger partial charge on any atom is 0.328 e. The number of methoxy groups -OCH3 is 1. The summed E-state index contributed by atoms with van der Waals surface area (Å²) in [5.74, 6) is -0.724. The minimum absolute atomic E-state index is 0.182. The number of unbranched alkanes of at least 4 members (excludes halogenated alkanes) is 1. The van der Waals surface area contributed by atoms with E-state index >= 15 is 0 Å². The fraction of sp³-hybridized carbons (Fsp3) is 0.296. The number of hydrogen-bond donors (Lipinski definition) is 5. The van der Waals surface area contributed by atoms with E-state index in [-0.39, 0.29) is 21.8 Å². The summed E-state index contributed by atoms with van der Waals surface area (Å²) in [5.41, 5.74) is 4.12. The topological polar surface area (TPSA) is 192 Å². The molecular weight excluding hydrogens is 552 g/mol. The summed E-state index contributed by atoms with van der Waals surface area (Å²) < 4.78 is 37.1. The Morgan fingerprint density at radius 3 is 2.51 bits per heavy atom. The number of carbonyl (C=O) groups is 2. The number of amides is 1. The molecule has 2 aromatic heterocycles. The second-order valence-corrected chi connectivity index (χ2v) is 9.79. The van der Waals surface area contributed by atoms with Crippen LogP contribution in [0.4, 0.5) is 5.82 Å². The number of carbonyl (C=O) groups excluding carboxylic acids is 2. The van der Waals surface area contributed by atoms with Crippen molar-refractivity contribution in [2.45, 2.75) is 36.7 Å². The molecule has 0 fully saturated rings. The van der Waals surface area contributed by atoms with Crippen LogP contribution in [0.25, 0.3) is 0 Å². The number of nitrogens with zero attached hydrogens (tertiary/aromatic N) is 3. The molecule has 14 heteroatoms. The Morgan fingerprint density at radius 1 is 1.07 bits per heavy atom. The van der Waals surface area contributed by atoms with Gasteiger partial charge in [-0.05, 0) is 55.6 Å². The molecular formula is C27H34N6O7S. The average Bonchev–Trinajstić information content (AvgIpc) is 2.99. The van der Waals surface area contributed by atoms with Crippen molar-refractivity contribution >= 4 is 34.0 Å². The number of hydrogen-bond acceptors (Lipinski definition) is 11. The molecule has 13 nitrogen and oxygen atoms in total. The maximum atomic E-state index is 12.7. The van der Waals surface area contributed by atoms with Gasteiger partial charge in [-0.25, -0.2) is 9.78 Å². The number of pyridine rings is 2. The molecule has 1 unspecified atom stereocenters. The molecule has 0 saturated heterocycles. The van der Waals surface area contributed by atoms with Crippen LogP contribution in [0, 0.1) is 0 Å². The highest BCUT2D eigenvalue weighted by Crippen LogP contribution is 2.13. The lowest BCUT2D eigenvalue weighted by Crippen LogP contribution is -2.41. The molecule has 0 saturated carbocycles. The molecule has 0 aliphatic rings. The molecule has 1 aromatic carbocycles. The summed E-state index contributed by atoms with van der Waals surface area (Å²) in [7, 11) is -2.13. The number of ether oxygens (including phenoxy) is 1. The summed E-state index contributed by atoms with van der Waals surface area (Å²) in [6.07, 6.45) is 7.98. The highest BCUT2D eigenvalue weighted by Gasteiger charge is 2.22. The number of anilines is 1. The number of aromatic nitrogens is 2. The van der Waals surface area contributed by atoms with Crippen molar-refractivity contribution in [3.63, 3.8) is 0 Å². The number of nitrogens with one attached hydrogen (secondary N) is 3. The third-order valence-corrected chi connectivity index (χ3v) is 6.47. The van der Waals surface area contributed by atoms with Crippen LogP contribution in [0.1, 0.15) is 40.7 Å². The molecule has 1 amide bonds. The molecule has 2 heterocycles. The first kappa shape index (κ1) is 33.0. The van der Waals surface area contributed by atoms with Gasteiger partial charge in [-0.2, -0.15) is 13.5 Å². The Labute approximate surface area is 238 Å². The molecule has 0 radical (unpaired) electrons. The van der Waals surface area contributed by atoms with Crippen LogP contribution in [-0.2, 0) is 26.2 Å². The Balaban J connectivity index is 0.00000287. The fourth-order valence-corrected chi connectivity index (χ4v) is 4.22. The van der Waals surface area contributed by atoms with Gasteiger partial charge < -0.3 is 20.5 Å². The normalized spacial score (nSPS) is 11.7. The Kier molecular flexibility index (Phi) is 14.0. The van der Waals surface area contributed by atoms with Gasteiger partial charge in [0.2, 0.25) is 0 Å². The van der Waals surface area contributed by atoms with E-state index in [0.29, 0.717) is 19.4 Å². The third-order valence-electron chi connectivity index (χ3n) is 5.54. The van der Waals surface area contributed by atoms with Crippen LogP contribution in [0.15, 0.2) is 77.1 Å². The summed E-state index contributed by atoms with van der Waals surface area (Å²) in [4.78, 5) is 32.8. The molecule has 220 valence electrons. The van der Waals surface area contributed by atoms with Crippen molar-refractivity contribution in [3.8, 4) is 0 Å².